The predicted octanol–water partition coefficient (Wildman–Crippen LogP) is 8.00. The van der Waals surface area contributed by atoms with Gasteiger partial charge in [-0.1, -0.05) is 0 Å². The zero-order chi connectivity index (χ0) is 29.6. The first-order chi connectivity index (χ1) is 19.4. The summed E-state index contributed by atoms with van der Waals surface area (Å²) in [7, 11) is 0. The largest absolute Gasteiger partial charge is 0.493 e. The van der Waals surface area contributed by atoms with Crippen LogP contribution in [0.25, 0.3) is 0 Å². The van der Waals surface area contributed by atoms with Crippen LogP contribution in [-0.2, 0) is 21.8 Å². The molecule has 12 heteroatoms. The van der Waals surface area contributed by atoms with E-state index in [1.807, 2.05) is 25.1 Å². The Morgan fingerprint density at radius 3 is 1.71 bits per heavy atom. The fraction of sp³-hybridized carbons (Fsp3) is 0.379. The highest BCUT2D eigenvalue weighted by Gasteiger charge is 2.31. The van der Waals surface area contributed by atoms with E-state index in [0.29, 0.717) is 11.5 Å². The Balaban J connectivity index is 1.36. The van der Waals surface area contributed by atoms with E-state index in [4.69, 9.17) is 23.7 Å². The molecule has 0 amide bonds. The van der Waals surface area contributed by atoms with Crippen LogP contribution in [0.15, 0.2) is 71.6 Å². The Kier molecular flexibility index (Phi) is 9.98. The third-order valence-corrected chi connectivity index (χ3v) is 7.25. The van der Waals surface area contributed by atoms with Crippen LogP contribution in [0.4, 0.5) is 26.3 Å². The molecule has 1 saturated heterocycles. The molecule has 0 bridgehead atoms. The maximum absolute atomic E-state index is 12.9. The van der Waals surface area contributed by atoms with Crippen molar-refractivity contribution < 1.29 is 50.0 Å². The molecule has 0 unspecified atom stereocenters. The summed E-state index contributed by atoms with van der Waals surface area (Å²) < 4.78 is 105. The number of rotatable bonds is 12. The van der Waals surface area contributed by atoms with Gasteiger partial charge in [-0.15, -0.1) is 11.8 Å². The Morgan fingerprint density at radius 2 is 1.27 bits per heavy atom. The zero-order valence-electron chi connectivity index (χ0n) is 22.1. The van der Waals surface area contributed by atoms with Crippen molar-refractivity contribution in [2.75, 3.05) is 25.6 Å². The highest BCUT2D eigenvalue weighted by atomic mass is 32.2. The summed E-state index contributed by atoms with van der Waals surface area (Å²) in [5.41, 5.74) is -0.665. The molecular weight excluding hydrogens is 574 g/mol. The summed E-state index contributed by atoms with van der Waals surface area (Å²) in [5.74, 6) is 1.45. The number of benzene rings is 3. The fourth-order valence-corrected chi connectivity index (χ4v) is 4.86. The van der Waals surface area contributed by atoms with Crippen LogP contribution in [0, 0.1) is 12.8 Å². The standard InChI is InChI=1S/C29H28F6O5S/c1-18-13-25(11-12-26(18)38-16-27-39-19(2)40-27)41-17-20(14-36-23-7-3-21(4-8-23)28(30,31)32)15-37-24-9-5-22(6-10-24)29(33,34)35/h3-13,19-20,27H,14-17H2,1-2H3. The predicted molar refractivity (Wildman–Crippen MR) is 140 cm³/mol. The summed E-state index contributed by atoms with van der Waals surface area (Å²) >= 11 is 1.51. The van der Waals surface area contributed by atoms with E-state index >= 15 is 0 Å². The zero-order valence-corrected chi connectivity index (χ0v) is 22.9. The molecule has 3 aromatic rings. The van der Waals surface area contributed by atoms with Crippen LogP contribution < -0.4 is 14.2 Å². The lowest BCUT2D eigenvalue weighted by Gasteiger charge is -2.33. The van der Waals surface area contributed by atoms with Gasteiger partial charge >= 0.3 is 12.4 Å². The van der Waals surface area contributed by atoms with Gasteiger partial charge in [0.2, 0.25) is 0 Å². The average Bonchev–Trinajstić information content (AvgIpc) is 2.90. The minimum atomic E-state index is -4.46. The molecule has 1 fully saturated rings. The van der Waals surface area contributed by atoms with Crippen molar-refractivity contribution in [2.24, 2.45) is 5.92 Å². The molecule has 0 aromatic heterocycles. The third kappa shape index (κ3) is 9.20. The number of hydrogen-bond donors (Lipinski definition) is 0. The molecular formula is C29H28F6O5S. The molecule has 3 aromatic carbocycles. The molecule has 1 heterocycles. The first kappa shape index (κ1) is 30.9. The second kappa shape index (κ2) is 13.3. The molecule has 1 aliphatic heterocycles. The van der Waals surface area contributed by atoms with Gasteiger partial charge in [-0.25, -0.2) is 0 Å². The SMILES string of the molecule is Cc1cc(SCC(COc2ccc(C(F)(F)F)cc2)COc2ccc(C(F)(F)F)cc2)ccc1OCC1OC(C)O1. The van der Waals surface area contributed by atoms with Crippen molar-refractivity contribution in [3.05, 3.63) is 83.4 Å². The van der Waals surface area contributed by atoms with Crippen LogP contribution >= 0.6 is 11.8 Å². The Morgan fingerprint density at radius 1 is 0.756 bits per heavy atom. The molecule has 0 N–H and O–H groups in total. The molecule has 222 valence electrons. The molecule has 1 aliphatic rings. The number of hydrogen-bond acceptors (Lipinski definition) is 6. The fourth-order valence-electron chi connectivity index (χ4n) is 3.81. The van der Waals surface area contributed by atoms with Gasteiger partial charge in [0.05, 0.1) is 24.3 Å². The summed E-state index contributed by atoms with van der Waals surface area (Å²) in [6, 6.07) is 14.4. The van der Waals surface area contributed by atoms with Crippen LogP contribution in [0.5, 0.6) is 17.2 Å². The van der Waals surface area contributed by atoms with E-state index in [-0.39, 0.29) is 43.5 Å². The lowest BCUT2D eigenvalue weighted by molar-refractivity contribution is -0.380. The maximum atomic E-state index is 12.9. The summed E-state index contributed by atoms with van der Waals surface area (Å²) in [5, 5.41) is 0. The summed E-state index contributed by atoms with van der Waals surface area (Å²) in [4.78, 5) is 0.939. The molecule has 5 nitrogen and oxygen atoms in total. The third-order valence-electron chi connectivity index (χ3n) is 6.03. The van der Waals surface area contributed by atoms with Gasteiger partial charge in [0.25, 0.3) is 0 Å². The highest BCUT2D eigenvalue weighted by molar-refractivity contribution is 7.99. The van der Waals surface area contributed by atoms with Crippen molar-refractivity contribution in [1.29, 1.82) is 0 Å². The van der Waals surface area contributed by atoms with Crippen molar-refractivity contribution in [1.82, 2.24) is 0 Å². The summed E-state index contributed by atoms with van der Waals surface area (Å²) in [6.45, 7) is 4.19. The van der Waals surface area contributed by atoms with Gasteiger partial charge in [-0.2, -0.15) is 26.3 Å². The lowest BCUT2D eigenvalue weighted by atomic mass is 10.2. The van der Waals surface area contributed by atoms with E-state index in [1.54, 1.807) is 6.92 Å². The van der Waals surface area contributed by atoms with Crippen molar-refractivity contribution in [2.45, 2.75) is 43.7 Å². The lowest BCUT2D eigenvalue weighted by Crippen LogP contribution is -2.42. The van der Waals surface area contributed by atoms with Crippen molar-refractivity contribution >= 4 is 11.8 Å². The number of ether oxygens (including phenoxy) is 5. The molecule has 0 aliphatic carbocycles. The highest BCUT2D eigenvalue weighted by Crippen LogP contribution is 2.32. The smallest absolute Gasteiger partial charge is 0.416 e. The first-order valence-corrected chi connectivity index (χ1v) is 13.6. The van der Waals surface area contributed by atoms with Gasteiger partial charge < -0.3 is 23.7 Å². The Hall–Kier alpha value is -3.09. The van der Waals surface area contributed by atoms with Gasteiger partial charge in [-0.05, 0) is 86.1 Å². The van der Waals surface area contributed by atoms with Crippen LogP contribution in [0.2, 0.25) is 0 Å². The molecule has 0 spiro atoms. The van der Waals surface area contributed by atoms with E-state index in [1.165, 1.54) is 36.0 Å². The van der Waals surface area contributed by atoms with E-state index in [9.17, 15) is 26.3 Å². The minimum absolute atomic E-state index is 0.110. The van der Waals surface area contributed by atoms with Crippen LogP contribution in [0.3, 0.4) is 0 Å². The number of thioether (sulfide) groups is 1. The van der Waals surface area contributed by atoms with Gasteiger partial charge in [0, 0.05) is 16.6 Å². The second-order valence-corrected chi connectivity index (χ2v) is 10.4. The van der Waals surface area contributed by atoms with Gasteiger partial charge in [-0.3, -0.25) is 0 Å². The maximum Gasteiger partial charge on any atom is 0.416 e. The molecule has 0 atom stereocenters. The summed E-state index contributed by atoms with van der Waals surface area (Å²) in [6.07, 6.45) is -9.54. The van der Waals surface area contributed by atoms with Crippen molar-refractivity contribution in [3.63, 3.8) is 0 Å². The number of aryl methyl sites for hydroxylation is 1. The normalized spacial score (nSPS) is 17.3. The second-order valence-electron chi connectivity index (χ2n) is 9.35. The molecule has 4 rings (SSSR count). The van der Waals surface area contributed by atoms with E-state index in [2.05, 4.69) is 0 Å². The monoisotopic (exact) mass is 602 g/mol. The quantitative estimate of drug-likeness (QED) is 0.155. The number of halogens is 6. The van der Waals surface area contributed by atoms with Crippen LogP contribution in [0.1, 0.15) is 23.6 Å². The van der Waals surface area contributed by atoms with Gasteiger partial charge in [0.15, 0.2) is 12.6 Å². The molecule has 0 saturated carbocycles. The molecule has 41 heavy (non-hydrogen) atoms. The topological polar surface area (TPSA) is 46.2 Å². The Labute approximate surface area is 237 Å². The van der Waals surface area contributed by atoms with Gasteiger partial charge in [0.1, 0.15) is 23.9 Å². The Bertz CT molecular complexity index is 1200. The number of alkyl halides is 6. The van der Waals surface area contributed by atoms with E-state index < -0.39 is 29.8 Å². The molecule has 0 radical (unpaired) electrons. The van der Waals surface area contributed by atoms with Crippen LogP contribution in [-0.4, -0.2) is 38.2 Å². The average molecular weight is 603 g/mol. The minimum Gasteiger partial charge on any atom is -0.493 e. The first-order valence-electron chi connectivity index (χ1n) is 12.6. The van der Waals surface area contributed by atoms with E-state index in [0.717, 1.165) is 34.7 Å². The van der Waals surface area contributed by atoms with Crippen molar-refractivity contribution in [3.8, 4) is 17.2 Å².